The Balaban J connectivity index is 2.13. The molecule has 0 spiro atoms. The SMILES string of the molecule is CCCn1nc(C)c([N+](=O)[O-])c1NCCc1cscn1. The van der Waals surface area contributed by atoms with Gasteiger partial charge in [-0.2, -0.15) is 5.10 Å². The van der Waals surface area contributed by atoms with Crippen LogP contribution in [-0.2, 0) is 13.0 Å². The molecule has 0 aromatic carbocycles. The Labute approximate surface area is 120 Å². The molecule has 2 aromatic rings. The lowest BCUT2D eigenvalue weighted by atomic mass is 10.3. The molecule has 2 rings (SSSR count). The summed E-state index contributed by atoms with van der Waals surface area (Å²) in [6.07, 6.45) is 1.61. The fourth-order valence-corrected chi connectivity index (χ4v) is 2.60. The van der Waals surface area contributed by atoms with Crippen molar-refractivity contribution in [3.8, 4) is 0 Å². The molecule has 0 radical (unpaired) electrons. The first-order chi connectivity index (χ1) is 9.63. The van der Waals surface area contributed by atoms with Crippen molar-refractivity contribution in [1.29, 1.82) is 0 Å². The van der Waals surface area contributed by atoms with E-state index in [-0.39, 0.29) is 10.6 Å². The normalized spacial score (nSPS) is 10.7. The van der Waals surface area contributed by atoms with Gasteiger partial charge in [-0.05, 0) is 13.3 Å². The number of nitrogens with one attached hydrogen (secondary N) is 1. The second-order valence-electron chi connectivity index (χ2n) is 4.42. The van der Waals surface area contributed by atoms with Crippen LogP contribution in [0.5, 0.6) is 0 Å². The summed E-state index contributed by atoms with van der Waals surface area (Å²) in [5.41, 5.74) is 3.28. The zero-order valence-corrected chi connectivity index (χ0v) is 12.3. The van der Waals surface area contributed by atoms with Crippen LogP contribution in [0.15, 0.2) is 10.9 Å². The molecule has 2 aromatic heterocycles. The third kappa shape index (κ3) is 3.13. The Hall–Kier alpha value is -1.96. The van der Waals surface area contributed by atoms with Crippen LogP contribution in [0.25, 0.3) is 0 Å². The van der Waals surface area contributed by atoms with Crippen LogP contribution in [0.2, 0.25) is 0 Å². The molecule has 0 bridgehead atoms. The van der Waals surface area contributed by atoms with Crippen LogP contribution in [0, 0.1) is 17.0 Å². The molecule has 0 fully saturated rings. The molecule has 0 aliphatic heterocycles. The van der Waals surface area contributed by atoms with Crippen molar-refractivity contribution in [2.24, 2.45) is 0 Å². The molecule has 8 heteroatoms. The third-order valence-corrected chi connectivity index (χ3v) is 3.51. The largest absolute Gasteiger partial charge is 0.364 e. The number of hydrogen-bond acceptors (Lipinski definition) is 6. The number of anilines is 1. The first-order valence-corrected chi connectivity index (χ1v) is 7.40. The summed E-state index contributed by atoms with van der Waals surface area (Å²) in [6.45, 7) is 4.94. The van der Waals surface area contributed by atoms with Gasteiger partial charge < -0.3 is 5.32 Å². The van der Waals surface area contributed by atoms with Crippen molar-refractivity contribution < 1.29 is 4.92 Å². The fraction of sp³-hybridized carbons (Fsp3) is 0.500. The van der Waals surface area contributed by atoms with Crippen molar-refractivity contribution in [2.45, 2.75) is 33.2 Å². The van der Waals surface area contributed by atoms with Crippen molar-refractivity contribution >= 4 is 22.8 Å². The number of nitro groups is 1. The van der Waals surface area contributed by atoms with Gasteiger partial charge in [0.25, 0.3) is 0 Å². The van der Waals surface area contributed by atoms with E-state index in [4.69, 9.17) is 0 Å². The van der Waals surface area contributed by atoms with E-state index in [2.05, 4.69) is 15.4 Å². The van der Waals surface area contributed by atoms with E-state index in [0.717, 1.165) is 18.5 Å². The highest BCUT2D eigenvalue weighted by atomic mass is 32.1. The summed E-state index contributed by atoms with van der Waals surface area (Å²) in [7, 11) is 0. The minimum absolute atomic E-state index is 0.0664. The number of thiazole rings is 1. The summed E-state index contributed by atoms with van der Waals surface area (Å²) in [5.74, 6) is 0.490. The van der Waals surface area contributed by atoms with Crippen LogP contribution in [-0.4, -0.2) is 26.2 Å². The second-order valence-corrected chi connectivity index (χ2v) is 5.14. The summed E-state index contributed by atoms with van der Waals surface area (Å²) in [5, 5.41) is 20.5. The number of aryl methyl sites for hydroxylation is 2. The van der Waals surface area contributed by atoms with Crippen molar-refractivity contribution in [3.63, 3.8) is 0 Å². The van der Waals surface area contributed by atoms with Gasteiger partial charge in [0.05, 0.1) is 16.1 Å². The maximum Gasteiger partial charge on any atom is 0.333 e. The summed E-state index contributed by atoms with van der Waals surface area (Å²) in [4.78, 5) is 15.0. The molecule has 0 atom stereocenters. The molecule has 108 valence electrons. The van der Waals surface area contributed by atoms with E-state index in [1.165, 1.54) is 0 Å². The maximum absolute atomic E-state index is 11.2. The van der Waals surface area contributed by atoms with Crippen LogP contribution >= 0.6 is 11.3 Å². The summed E-state index contributed by atoms with van der Waals surface area (Å²) < 4.78 is 1.68. The molecule has 0 saturated heterocycles. The average molecular weight is 295 g/mol. The molecule has 2 heterocycles. The van der Waals surface area contributed by atoms with Crippen LogP contribution in [0.4, 0.5) is 11.5 Å². The van der Waals surface area contributed by atoms with Gasteiger partial charge in [0, 0.05) is 24.9 Å². The smallest absolute Gasteiger partial charge is 0.333 e. The molecule has 0 aliphatic rings. The molecule has 0 unspecified atom stereocenters. The van der Waals surface area contributed by atoms with E-state index >= 15 is 0 Å². The number of rotatable bonds is 7. The van der Waals surface area contributed by atoms with E-state index in [1.807, 2.05) is 12.3 Å². The number of aromatic nitrogens is 3. The van der Waals surface area contributed by atoms with Crippen LogP contribution in [0.1, 0.15) is 24.7 Å². The summed E-state index contributed by atoms with van der Waals surface area (Å²) in [6, 6.07) is 0. The minimum atomic E-state index is -0.375. The monoisotopic (exact) mass is 295 g/mol. The van der Waals surface area contributed by atoms with Crippen molar-refractivity contribution in [2.75, 3.05) is 11.9 Å². The third-order valence-electron chi connectivity index (χ3n) is 2.87. The first kappa shape index (κ1) is 14.4. The molecule has 1 N–H and O–H groups in total. The van der Waals surface area contributed by atoms with Gasteiger partial charge in [-0.3, -0.25) is 10.1 Å². The Morgan fingerprint density at radius 2 is 2.35 bits per heavy atom. The zero-order chi connectivity index (χ0) is 14.5. The van der Waals surface area contributed by atoms with Gasteiger partial charge in [0.1, 0.15) is 5.69 Å². The van der Waals surface area contributed by atoms with Crippen molar-refractivity contribution in [3.05, 3.63) is 32.4 Å². The Morgan fingerprint density at radius 3 is 2.95 bits per heavy atom. The van der Waals surface area contributed by atoms with E-state index in [0.29, 0.717) is 24.6 Å². The average Bonchev–Trinajstić information content (AvgIpc) is 2.99. The van der Waals surface area contributed by atoms with E-state index in [9.17, 15) is 10.1 Å². The lowest BCUT2D eigenvalue weighted by Gasteiger charge is -2.07. The highest BCUT2D eigenvalue weighted by Crippen LogP contribution is 2.28. The maximum atomic E-state index is 11.2. The van der Waals surface area contributed by atoms with Crippen LogP contribution in [0.3, 0.4) is 0 Å². The lowest BCUT2D eigenvalue weighted by Crippen LogP contribution is -2.12. The Kier molecular flexibility index (Phi) is 4.67. The zero-order valence-electron chi connectivity index (χ0n) is 11.5. The van der Waals surface area contributed by atoms with E-state index in [1.54, 1.807) is 28.5 Å². The fourth-order valence-electron chi connectivity index (χ4n) is 2.01. The van der Waals surface area contributed by atoms with Gasteiger partial charge in [0.15, 0.2) is 0 Å². The molecule has 0 aliphatic carbocycles. The standard InChI is InChI=1S/C12H17N5O2S/c1-3-6-16-12(11(17(18)19)9(2)15-16)13-5-4-10-7-20-8-14-10/h7-8,13H,3-6H2,1-2H3. The molecular weight excluding hydrogens is 278 g/mol. The van der Waals surface area contributed by atoms with Crippen molar-refractivity contribution in [1.82, 2.24) is 14.8 Å². The Bertz CT molecular complexity index is 579. The van der Waals surface area contributed by atoms with Crippen LogP contribution < -0.4 is 5.32 Å². The van der Waals surface area contributed by atoms with Gasteiger partial charge in [-0.25, -0.2) is 9.67 Å². The molecule has 7 nitrogen and oxygen atoms in total. The molecular formula is C12H17N5O2S. The molecule has 0 saturated carbocycles. The lowest BCUT2D eigenvalue weighted by molar-refractivity contribution is -0.384. The number of nitrogens with zero attached hydrogens (tertiary/aromatic N) is 4. The highest BCUT2D eigenvalue weighted by molar-refractivity contribution is 7.07. The first-order valence-electron chi connectivity index (χ1n) is 6.46. The Morgan fingerprint density at radius 1 is 1.55 bits per heavy atom. The van der Waals surface area contributed by atoms with Gasteiger partial charge >= 0.3 is 5.69 Å². The van der Waals surface area contributed by atoms with E-state index < -0.39 is 0 Å². The van der Waals surface area contributed by atoms with Gasteiger partial charge in [0.2, 0.25) is 5.82 Å². The predicted molar refractivity (Wildman–Crippen MR) is 78.2 cm³/mol. The second kappa shape index (κ2) is 6.47. The molecule has 20 heavy (non-hydrogen) atoms. The molecule has 0 amide bonds. The number of hydrogen-bond donors (Lipinski definition) is 1. The minimum Gasteiger partial charge on any atom is -0.364 e. The van der Waals surface area contributed by atoms with Gasteiger partial charge in [-0.15, -0.1) is 11.3 Å². The summed E-state index contributed by atoms with van der Waals surface area (Å²) >= 11 is 1.54. The highest BCUT2D eigenvalue weighted by Gasteiger charge is 2.24. The quantitative estimate of drug-likeness (QED) is 0.627. The van der Waals surface area contributed by atoms with Gasteiger partial charge in [-0.1, -0.05) is 6.92 Å². The topological polar surface area (TPSA) is 85.9 Å². The predicted octanol–water partition coefficient (Wildman–Crippen LogP) is 2.62.